The molecule has 0 N–H and O–H groups in total. The summed E-state index contributed by atoms with van der Waals surface area (Å²) in [4.78, 5) is 21.9. The number of Topliss-reactive ketones (excluding diaryl/α,β-unsaturated/α-hetero) is 1. The van der Waals surface area contributed by atoms with E-state index in [1.54, 1.807) is 6.07 Å². The first-order valence-electron chi connectivity index (χ1n) is 7.80. The van der Waals surface area contributed by atoms with Crippen LogP contribution in [0, 0.1) is 10.1 Å². The second-order valence-electron chi connectivity index (χ2n) is 5.62. The molecular weight excluding hydrogens is 266 g/mol. The monoisotopic (exact) mass is 291 g/mol. The first-order valence-corrected chi connectivity index (χ1v) is 7.80. The SMILES string of the molecule is CCCCCCCCc1ccc(CC(C)=O)cc1[N+](=O)[O-]. The Balaban J connectivity index is 2.60. The standard InChI is InChI=1S/C17H25NO3/c1-3-4-5-6-7-8-9-16-11-10-15(12-14(2)19)13-17(16)18(20)21/h10-11,13H,3-9,12H2,1-2H3. The van der Waals surface area contributed by atoms with Crippen LogP contribution in [0.25, 0.3) is 0 Å². The van der Waals surface area contributed by atoms with Crippen LogP contribution in [0.3, 0.4) is 0 Å². The molecule has 0 atom stereocenters. The van der Waals surface area contributed by atoms with E-state index in [0.29, 0.717) is 0 Å². The topological polar surface area (TPSA) is 60.2 Å². The third-order valence-electron chi connectivity index (χ3n) is 3.60. The Hall–Kier alpha value is -1.71. The Kier molecular flexibility index (Phi) is 7.65. The Bertz CT molecular complexity index is 483. The van der Waals surface area contributed by atoms with E-state index in [-0.39, 0.29) is 22.8 Å². The molecule has 0 unspecified atom stereocenters. The second kappa shape index (κ2) is 9.27. The van der Waals surface area contributed by atoms with Crippen LogP contribution in [0.1, 0.15) is 63.5 Å². The first-order chi connectivity index (χ1) is 10.0. The van der Waals surface area contributed by atoms with Gasteiger partial charge in [0.05, 0.1) is 4.92 Å². The number of nitro benzene ring substituents is 1. The molecule has 21 heavy (non-hydrogen) atoms. The Morgan fingerprint density at radius 2 is 1.81 bits per heavy atom. The van der Waals surface area contributed by atoms with E-state index in [0.717, 1.165) is 30.4 Å². The highest BCUT2D eigenvalue weighted by Crippen LogP contribution is 2.23. The van der Waals surface area contributed by atoms with Gasteiger partial charge in [-0.15, -0.1) is 0 Å². The number of nitrogens with zero attached hydrogens (tertiary/aromatic N) is 1. The number of aryl methyl sites for hydroxylation is 1. The molecule has 0 radical (unpaired) electrons. The summed E-state index contributed by atoms with van der Waals surface area (Å²) < 4.78 is 0. The maximum atomic E-state index is 11.2. The van der Waals surface area contributed by atoms with Crippen molar-refractivity contribution in [3.63, 3.8) is 0 Å². The third-order valence-corrected chi connectivity index (χ3v) is 3.60. The summed E-state index contributed by atoms with van der Waals surface area (Å²) in [5.41, 5.74) is 1.66. The molecule has 0 aliphatic carbocycles. The van der Waals surface area contributed by atoms with E-state index < -0.39 is 0 Å². The summed E-state index contributed by atoms with van der Waals surface area (Å²) in [7, 11) is 0. The molecule has 0 aliphatic rings. The molecule has 116 valence electrons. The smallest absolute Gasteiger partial charge is 0.272 e. The normalized spacial score (nSPS) is 10.6. The van der Waals surface area contributed by atoms with Crippen molar-refractivity contribution in [1.29, 1.82) is 0 Å². The number of hydrogen-bond donors (Lipinski definition) is 0. The molecule has 0 spiro atoms. The molecule has 0 saturated carbocycles. The van der Waals surface area contributed by atoms with Gasteiger partial charge in [-0.2, -0.15) is 0 Å². The van der Waals surface area contributed by atoms with Crippen molar-refractivity contribution in [3.05, 3.63) is 39.4 Å². The molecule has 0 aliphatic heterocycles. The zero-order valence-corrected chi connectivity index (χ0v) is 13.1. The summed E-state index contributed by atoms with van der Waals surface area (Å²) >= 11 is 0. The number of ketones is 1. The Morgan fingerprint density at radius 3 is 2.43 bits per heavy atom. The quantitative estimate of drug-likeness (QED) is 0.359. The lowest BCUT2D eigenvalue weighted by Crippen LogP contribution is -2.01. The highest BCUT2D eigenvalue weighted by Gasteiger charge is 2.14. The van der Waals surface area contributed by atoms with Crippen molar-refractivity contribution in [1.82, 2.24) is 0 Å². The fourth-order valence-electron chi connectivity index (χ4n) is 2.48. The van der Waals surface area contributed by atoms with Gasteiger partial charge in [-0.3, -0.25) is 14.9 Å². The lowest BCUT2D eigenvalue weighted by molar-refractivity contribution is -0.385. The lowest BCUT2D eigenvalue weighted by atomic mass is 10.0. The van der Waals surface area contributed by atoms with Crippen molar-refractivity contribution in [2.45, 2.75) is 65.2 Å². The molecule has 0 fully saturated rings. The Morgan fingerprint density at radius 1 is 1.14 bits per heavy atom. The maximum Gasteiger partial charge on any atom is 0.272 e. The van der Waals surface area contributed by atoms with Gasteiger partial charge < -0.3 is 0 Å². The summed E-state index contributed by atoms with van der Waals surface area (Å²) in [6.45, 7) is 3.68. The van der Waals surface area contributed by atoms with Crippen LogP contribution in [0.4, 0.5) is 5.69 Å². The fourth-order valence-corrected chi connectivity index (χ4v) is 2.48. The van der Waals surface area contributed by atoms with Crippen molar-refractivity contribution in [2.24, 2.45) is 0 Å². The predicted molar refractivity (Wildman–Crippen MR) is 84.6 cm³/mol. The van der Waals surface area contributed by atoms with Gasteiger partial charge in [0.1, 0.15) is 5.78 Å². The molecule has 4 nitrogen and oxygen atoms in total. The fraction of sp³-hybridized carbons (Fsp3) is 0.588. The van der Waals surface area contributed by atoms with Gasteiger partial charge in [-0.05, 0) is 25.3 Å². The molecule has 0 amide bonds. The average Bonchev–Trinajstić information content (AvgIpc) is 2.43. The number of benzene rings is 1. The van der Waals surface area contributed by atoms with Crippen molar-refractivity contribution >= 4 is 11.5 Å². The number of hydrogen-bond acceptors (Lipinski definition) is 3. The van der Waals surface area contributed by atoms with E-state index in [4.69, 9.17) is 0 Å². The van der Waals surface area contributed by atoms with Crippen molar-refractivity contribution in [3.8, 4) is 0 Å². The van der Waals surface area contributed by atoms with Crippen LogP contribution in [0.2, 0.25) is 0 Å². The molecular formula is C17H25NO3. The molecule has 1 aromatic rings. The van der Waals surface area contributed by atoms with Gasteiger partial charge in [-0.1, -0.05) is 51.2 Å². The Labute approximate surface area is 126 Å². The summed E-state index contributed by atoms with van der Waals surface area (Å²) in [6.07, 6.45) is 8.03. The van der Waals surface area contributed by atoms with E-state index in [1.807, 2.05) is 12.1 Å². The minimum absolute atomic E-state index is 0.0213. The maximum absolute atomic E-state index is 11.2. The van der Waals surface area contributed by atoms with Gasteiger partial charge in [0.15, 0.2) is 0 Å². The van der Waals surface area contributed by atoms with Crippen LogP contribution in [-0.2, 0) is 17.6 Å². The molecule has 0 saturated heterocycles. The minimum Gasteiger partial charge on any atom is -0.300 e. The van der Waals surface area contributed by atoms with Crippen molar-refractivity contribution in [2.75, 3.05) is 0 Å². The minimum atomic E-state index is -0.337. The number of carbonyl (C=O) groups is 1. The lowest BCUT2D eigenvalue weighted by Gasteiger charge is -2.05. The van der Waals surface area contributed by atoms with Crippen LogP contribution >= 0.6 is 0 Å². The molecule has 1 aromatic carbocycles. The number of nitro groups is 1. The zero-order chi connectivity index (χ0) is 15.7. The van der Waals surface area contributed by atoms with Crippen LogP contribution in [0.5, 0.6) is 0 Å². The average molecular weight is 291 g/mol. The molecule has 0 bridgehead atoms. The van der Waals surface area contributed by atoms with E-state index >= 15 is 0 Å². The number of carbonyl (C=O) groups excluding carboxylic acids is 1. The van der Waals surface area contributed by atoms with Gasteiger partial charge >= 0.3 is 0 Å². The molecule has 4 heteroatoms. The third kappa shape index (κ3) is 6.52. The number of rotatable bonds is 10. The van der Waals surface area contributed by atoms with Gasteiger partial charge in [0.25, 0.3) is 5.69 Å². The van der Waals surface area contributed by atoms with Crippen molar-refractivity contribution < 1.29 is 9.72 Å². The second-order valence-corrected chi connectivity index (χ2v) is 5.62. The van der Waals surface area contributed by atoms with Gasteiger partial charge in [-0.25, -0.2) is 0 Å². The van der Waals surface area contributed by atoms with Crippen LogP contribution in [0.15, 0.2) is 18.2 Å². The zero-order valence-electron chi connectivity index (χ0n) is 13.1. The van der Waals surface area contributed by atoms with Crippen LogP contribution in [-0.4, -0.2) is 10.7 Å². The highest BCUT2D eigenvalue weighted by atomic mass is 16.6. The van der Waals surface area contributed by atoms with Crippen LogP contribution < -0.4 is 0 Å². The molecule has 0 aromatic heterocycles. The first kappa shape index (κ1) is 17.3. The van der Waals surface area contributed by atoms with E-state index in [9.17, 15) is 14.9 Å². The van der Waals surface area contributed by atoms with Gasteiger partial charge in [0.2, 0.25) is 0 Å². The van der Waals surface area contributed by atoms with E-state index in [2.05, 4.69) is 6.92 Å². The summed E-state index contributed by atoms with van der Waals surface area (Å²) in [6, 6.07) is 5.19. The molecule has 0 heterocycles. The summed E-state index contributed by atoms with van der Waals surface area (Å²) in [5, 5.41) is 11.2. The van der Waals surface area contributed by atoms with Gasteiger partial charge in [0, 0.05) is 18.1 Å². The largest absolute Gasteiger partial charge is 0.300 e. The molecule has 1 rings (SSSR count). The number of unbranched alkanes of at least 4 members (excludes halogenated alkanes) is 5. The summed E-state index contributed by atoms with van der Waals surface area (Å²) in [5.74, 6) is 0.0213. The predicted octanol–water partition coefficient (Wildman–Crippen LogP) is 4.63. The van der Waals surface area contributed by atoms with E-state index in [1.165, 1.54) is 32.6 Å². The highest BCUT2D eigenvalue weighted by molar-refractivity contribution is 5.78.